The van der Waals surface area contributed by atoms with Gasteiger partial charge in [0.2, 0.25) is 0 Å². The second-order valence-corrected chi connectivity index (χ2v) is 8.29. The molecule has 0 aliphatic rings. The Hall–Kier alpha value is -0.720. The fourth-order valence-corrected chi connectivity index (χ4v) is 2.42. The number of phosphoric acid groups is 1. The van der Waals surface area contributed by atoms with Crippen LogP contribution >= 0.6 is 7.82 Å². The number of likely N-dealkylation sites (N-methyl/N-ethyl adjacent to an activating group) is 1. The topological polar surface area (TPSA) is 82.1 Å². The van der Waals surface area contributed by atoms with Gasteiger partial charge < -0.3 is 14.1 Å². The molecule has 0 aliphatic carbocycles. The number of unbranched alkanes of at least 4 members (excludes halogenated alkanes) is 4. The number of hydrogen-bond donors (Lipinski definition) is 1. The van der Waals surface area contributed by atoms with Gasteiger partial charge >= 0.3 is 13.8 Å². The molecule has 0 aromatic rings. The molecule has 0 aromatic carbocycles. The highest BCUT2D eigenvalue weighted by atomic mass is 31.2. The van der Waals surface area contributed by atoms with Crippen LogP contribution in [-0.2, 0) is 23.1 Å². The van der Waals surface area contributed by atoms with Gasteiger partial charge in [0, 0.05) is 5.57 Å². The first kappa shape index (κ1) is 23.3. The predicted molar refractivity (Wildman–Crippen MR) is 93.5 cm³/mol. The number of nitrogens with zero attached hydrogens (tertiary/aromatic N) is 1. The van der Waals surface area contributed by atoms with Crippen LogP contribution in [0.3, 0.4) is 0 Å². The summed E-state index contributed by atoms with van der Waals surface area (Å²) in [5, 5.41) is 0. The van der Waals surface area contributed by atoms with Crippen molar-refractivity contribution in [1.29, 1.82) is 0 Å². The maximum atomic E-state index is 11.6. The summed E-state index contributed by atoms with van der Waals surface area (Å²) < 4.78 is 27.1. The number of rotatable bonds is 14. The Balaban J connectivity index is 3.53. The van der Waals surface area contributed by atoms with Crippen molar-refractivity contribution in [2.24, 2.45) is 0 Å². The Kier molecular flexibility index (Phi) is 11.4. The van der Waals surface area contributed by atoms with Crippen LogP contribution in [0.4, 0.5) is 0 Å². The molecule has 0 bridgehead atoms. The minimum Gasteiger partial charge on any atom is -0.462 e. The highest BCUT2D eigenvalue weighted by molar-refractivity contribution is 7.47. The third-order valence-corrected chi connectivity index (χ3v) is 4.16. The Morgan fingerprint density at radius 2 is 1.50 bits per heavy atom. The third-order valence-electron chi connectivity index (χ3n) is 3.14. The van der Waals surface area contributed by atoms with Gasteiger partial charge in [-0.25, -0.2) is 9.36 Å². The average molecular weight is 366 g/mol. The van der Waals surface area contributed by atoms with Crippen molar-refractivity contribution in [2.45, 2.75) is 39.0 Å². The van der Waals surface area contributed by atoms with E-state index in [0.717, 1.165) is 25.7 Å². The summed E-state index contributed by atoms with van der Waals surface area (Å²) in [7, 11) is 1.99. The molecule has 0 saturated heterocycles. The van der Waals surface area contributed by atoms with Crippen LogP contribution in [0.25, 0.3) is 0 Å². The zero-order valence-corrected chi connectivity index (χ0v) is 16.3. The lowest BCUT2D eigenvalue weighted by Crippen LogP contribution is -2.37. The molecule has 1 unspecified atom stereocenters. The number of ether oxygens (including phenoxy) is 1. The summed E-state index contributed by atoms with van der Waals surface area (Å²) in [6.45, 7) is 6.53. The smallest absolute Gasteiger partial charge is 0.462 e. The largest absolute Gasteiger partial charge is 0.472 e. The summed E-state index contributed by atoms with van der Waals surface area (Å²) in [5.74, 6) is -0.354. The van der Waals surface area contributed by atoms with Gasteiger partial charge in [-0.3, -0.25) is 9.05 Å². The van der Waals surface area contributed by atoms with Crippen molar-refractivity contribution >= 4 is 13.8 Å². The van der Waals surface area contributed by atoms with E-state index < -0.39 is 7.82 Å². The monoisotopic (exact) mass is 366 g/mol. The predicted octanol–water partition coefficient (Wildman–Crippen LogP) is 2.90. The third kappa shape index (κ3) is 14.8. The first-order valence-corrected chi connectivity index (χ1v) is 9.78. The number of carbonyl (C=O) groups excluding carboxylic acids is 1. The lowest BCUT2D eigenvalue weighted by atomic mass is 10.1. The van der Waals surface area contributed by atoms with Crippen molar-refractivity contribution in [3.63, 3.8) is 0 Å². The van der Waals surface area contributed by atoms with Gasteiger partial charge in [-0.05, 0) is 19.8 Å². The van der Waals surface area contributed by atoms with E-state index in [1.807, 2.05) is 21.1 Å². The number of carbonyl (C=O) groups is 1. The van der Waals surface area contributed by atoms with Crippen LogP contribution in [0, 0.1) is 0 Å². The Morgan fingerprint density at radius 1 is 1.00 bits per heavy atom. The molecule has 1 atom stereocenters. The van der Waals surface area contributed by atoms with Gasteiger partial charge in [0.25, 0.3) is 0 Å². The molecule has 0 spiro atoms. The van der Waals surface area contributed by atoms with Gasteiger partial charge in [0.15, 0.2) is 0 Å². The minimum absolute atomic E-state index is 0.181. The summed E-state index contributed by atoms with van der Waals surface area (Å²) >= 11 is 0. The van der Waals surface area contributed by atoms with Crippen LogP contribution in [0.1, 0.15) is 39.0 Å². The van der Waals surface area contributed by atoms with Gasteiger partial charge in [-0.1, -0.05) is 25.8 Å². The quantitative estimate of drug-likeness (QED) is 0.167. The van der Waals surface area contributed by atoms with Crippen LogP contribution in [0.2, 0.25) is 0 Å². The maximum absolute atomic E-state index is 11.6. The summed E-state index contributed by atoms with van der Waals surface area (Å²) in [4.78, 5) is 20.7. The molecule has 0 aromatic heterocycles. The Morgan fingerprint density at radius 3 is 2.04 bits per heavy atom. The fraction of sp³-hybridized carbons (Fsp3) is 0.812. The number of phosphoric ester groups is 1. The van der Waals surface area contributed by atoms with Crippen molar-refractivity contribution < 1.29 is 32.5 Å². The zero-order valence-electron chi connectivity index (χ0n) is 15.5. The van der Waals surface area contributed by atoms with Crippen LogP contribution in [-0.4, -0.2) is 62.9 Å². The molecule has 7 nitrogen and oxygen atoms in total. The molecule has 0 heterocycles. The molecular weight excluding hydrogens is 333 g/mol. The first-order valence-electron chi connectivity index (χ1n) is 8.28. The summed E-state index contributed by atoms with van der Waals surface area (Å²) in [6.07, 6.45) is 4.25. The lowest BCUT2D eigenvalue weighted by Gasteiger charge is -2.24. The molecule has 0 radical (unpaired) electrons. The molecule has 8 heteroatoms. The molecule has 142 valence electrons. The van der Waals surface area contributed by atoms with E-state index in [1.165, 1.54) is 0 Å². The van der Waals surface area contributed by atoms with Crippen LogP contribution in [0.15, 0.2) is 12.2 Å². The zero-order chi connectivity index (χ0) is 18.6. The van der Waals surface area contributed by atoms with E-state index in [0.29, 0.717) is 29.6 Å². The second kappa shape index (κ2) is 11.8. The van der Waals surface area contributed by atoms with E-state index in [2.05, 4.69) is 6.58 Å². The first-order chi connectivity index (χ1) is 11.0. The van der Waals surface area contributed by atoms with Crippen molar-refractivity contribution in [2.75, 3.05) is 47.5 Å². The van der Waals surface area contributed by atoms with Crippen molar-refractivity contribution in [1.82, 2.24) is 0 Å². The highest BCUT2D eigenvalue weighted by Crippen LogP contribution is 2.43. The molecule has 0 amide bonds. The molecule has 1 N–H and O–H groups in total. The molecule has 24 heavy (non-hydrogen) atoms. The Bertz CT molecular complexity index is 433. The van der Waals surface area contributed by atoms with Gasteiger partial charge in [-0.2, -0.15) is 0 Å². The number of esters is 1. The molecule has 0 fully saturated rings. The van der Waals surface area contributed by atoms with Crippen LogP contribution in [0.5, 0.6) is 0 Å². The van der Waals surface area contributed by atoms with Crippen LogP contribution < -0.4 is 0 Å². The molecule has 0 aliphatic heterocycles. The number of hydrogen-bond acceptors (Lipinski definition) is 5. The fourth-order valence-electron chi connectivity index (χ4n) is 1.67. The summed E-state index contributed by atoms with van der Waals surface area (Å²) in [5.41, 5.74) is 0.407. The maximum Gasteiger partial charge on any atom is 0.472 e. The standard InChI is InChI=1S/C16H32NO6P/c1-15(2)16(18)21-12-9-7-6-8-10-13-22-24(19,20)23-14-11-17(3,4)5/h1,6-14H2,2-5H3/p+1. The van der Waals surface area contributed by atoms with Crippen molar-refractivity contribution in [3.05, 3.63) is 12.2 Å². The van der Waals surface area contributed by atoms with Gasteiger partial charge in [0.05, 0.1) is 34.4 Å². The van der Waals surface area contributed by atoms with E-state index in [-0.39, 0.29) is 19.2 Å². The second-order valence-electron chi connectivity index (χ2n) is 6.83. The van der Waals surface area contributed by atoms with E-state index >= 15 is 0 Å². The SMILES string of the molecule is C=C(C)C(=O)OCCCCCCCOP(=O)(O)OCC[N+](C)(C)C. The van der Waals surface area contributed by atoms with Gasteiger partial charge in [0.1, 0.15) is 13.2 Å². The van der Waals surface area contributed by atoms with E-state index in [9.17, 15) is 14.3 Å². The van der Waals surface area contributed by atoms with E-state index in [1.54, 1.807) is 6.92 Å². The minimum atomic E-state index is -3.94. The lowest BCUT2D eigenvalue weighted by molar-refractivity contribution is -0.870. The average Bonchev–Trinajstić information content (AvgIpc) is 2.43. The van der Waals surface area contributed by atoms with E-state index in [4.69, 9.17) is 13.8 Å². The van der Waals surface area contributed by atoms with Gasteiger partial charge in [-0.15, -0.1) is 0 Å². The Labute approximate surface area is 145 Å². The molecule has 0 rings (SSSR count). The highest BCUT2D eigenvalue weighted by Gasteiger charge is 2.21. The molecular formula is C16H33NO6P+. The summed E-state index contributed by atoms with van der Waals surface area (Å²) in [6, 6.07) is 0. The number of quaternary nitrogens is 1. The van der Waals surface area contributed by atoms with Crippen molar-refractivity contribution in [3.8, 4) is 0 Å². The normalized spacial score (nSPS) is 14.2. The molecule has 0 saturated carbocycles.